The van der Waals surface area contributed by atoms with E-state index in [1.54, 1.807) is 12.1 Å². The van der Waals surface area contributed by atoms with E-state index in [1.807, 2.05) is 30.3 Å². The van der Waals surface area contributed by atoms with E-state index in [-0.39, 0.29) is 28.3 Å². The van der Waals surface area contributed by atoms with Crippen LogP contribution in [0.2, 0.25) is 0 Å². The normalized spacial score (nSPS) is 10.1. The lowest BCUT2D eigenvalue weighted by Gasteiger charge is -2.12. The highest BCUT2D eigenvalue weighted by Gasteiger charge is 2.16. The van der Waals surface area contributed by atoms with Gasteiger partial charge in [-0.1, -0.05) is 36.4 Å². The first-order valence-electron chi connectivity index (χ1n) is 9.44. The summed E-state index contributed by atoms with van der Waals surface area (Å²) in [6.45, 7) is -0.497. The van der Waals surface area contributed by atoms with Crippen LogP contribution in [0.25, 0.3) is 11.1 Å². The van der Waals surface area contributed by atoms with E-state index in [9.17, 15) is 14.4 Å². The third-order valence-electron chi connectivity index (χ3n) is 4.43. The molecular formula is C23H20N4O5. The largest absolute Gasteiger partial charge is 0.482 e. The first kappa shape index (κ1) is 22.0. The summed E-state index contributed by atoms with van der Waals surface area (Å²) < 4.78 is 5.00. The summed E-state index contributed by atoms with van der Waals surface area (Å²) in [5.74, 6) is -2.33. The van der Waals surface area contributed by atoms with Crippen LogP contribution in [0, 0.1) is 5.41 Å². The molecule has 0 fully saturated rings. The Morgan fingerprint density at radius 3 is 2.12 bits per heavy atom. The van der Waals surface area contributed by atoms with Crippen LogP contribution in [0.4, 0.5) is 0 Å². The summed E-state index contributed by atoms with van der Waals surface area (Å²) in [5, 5.41) is 16.4. The number of carbonyl (C=O) groups excluding carboxylic acids is 2. The third kappa shape index (κ3) is 5.48. The van der Waals surface area contributed by atoms with Crippen molar-refractivity contribution >= 4 is 23.6 Å². The van der Waals surface area contributed by atoms with E-state index < -0.39 is 24.4 Å². The van der Waals surface area contributed by atoms with Gasteiger partial charge in [-0.2, -0.15) is 0 Å². The van der Waals surface area contributed by atoms with Gasteiger partial charge in [-0.3, -0.25) is 25.8 Å². The fourth-order valence-corrected chi connectivity index (χ4v) is 2.88. The van der Waals surface area contributed by atoms with Gasteiger partial charge in [0.25, 0.3) is 11.8 Å². The number of nitrogen functional groups attached to an aromatic ring is 1. The van der Waals surface area contributed by atoms with Crippen LogP contribution in [0.15, 0.2) is 72.8 Å². The van der Waals surface area contributed by atoms with Crippen LogP contribution in [-0.2, 0) is 4.79 Å². The highest BCUT2D eigenvalue weighted by molar-refractivity contribution is 6.09. The Morgan fingerprint density at radius 2 is 1.50 bits per heavy atom. The SMILES string of the molecule is N=C(N)c1cc(-c2ccccc2)ccc1C(=O)NNC(=O)c1ccc(OCC(=O)O)cc1. The van der Waals surface area contributed by atoms with Crippen LogP contribution in [-0.4, -0.2) is 35.3 Å². The van der Waals surface area contributed by atoms with Crippen LogP contribution >= 0.6 is 0 Å². The first-order valence-corrected chi connectivity index (χ1v) is 9.44. The summed E-state index contributed by atoms with van der Waals surface area (Å²) in [5.41, 5.74) is 12.6. The molecule has 9 heteroatoms. The second-order valence-corrected chi connectivity index (χ2v) is 6.66. The number of carbonyl (C=O) groups is 3. The predicted octanol–water partition coefficient (Wildman–Crippen LogP) is 2.18. The Morgan fingerprint density at radius 1 is 0.844 bits per heavy atom. The number of nitrogens with one attached hydrogen (secondary N) is 3. The number of rotatable bonds is 7. The van der Waals surface area contributed by atoms with Crippen molar-refractivity contribution in [3.05, 3.63) is 89.5 Å². The fourth-order valence-electron chi connectivity index (χ4n) is 2.88. The Hall–Kier alpha value is -4.66. The Balaban J connectivity index is 1.68. The molecule has 6 N–H and O–H groups in total. The van der Waals surface area contributed by atoms with Crippen molar-refractivity contribution in [1.29, 1.82) is 5.41 Å². The Kier molecular flexibility index (Phi) is 6.81. The number of carboxylic acids is 1. The number of nitrogens with two attached hydrogens (primary N) is 1. The number of ether oxygens (including phenoxy) is 1. The van der Waals surface area contributed by atoms with Crippen molar-refractivity contribution in [3.63, 3.8) is 0 Å². The lowest BCUT2D eigenvalue weighted by molar-refractivity contribution is -0.139. The van der Waals surface area contributed by atoms with Gasteiger partial charge in [0.05, 0.1) is 5.56 Å². The van der Waals surface area contributed by atoms with Crippen LogP contribution in [0.3, 0.4) is 0 Å². The van der Waals surface area contributed by atoms with E-state index in [0.29, 0.717) is 0 Å². The number of hydrazine groups is 1. The number of hydrogen-bond acceptors (Lipinski definition) is 5. The molecule has 0 atom stereocenters. The molecule has 0 aromatic heterocycles. The minimum absolute atomic E-state index is 0.134. The van der Waals surface area contributed by atoms with Gasteiger partial charge in [-0.05, 0) is 47.5 Å². The average Bonchev–Trinajstić information content (AvgIpc) is 2.81. The van der Waals surface area contributed by atoms with Gasteiger partial charge in [0.15, 0.2) is 6.61 Å². The van der Waals surface area contributed by atoms with Gasteiger partial charge >= 0.3 is 5.97 Å². The van der Waals surface area contributed by atoms with Crippen molar-refractivity contribution in [2.45, 2.75) is 0 Å². The number of aliphatic carboxylic acids is 1. The number of hydrogen-bond donors (Lipinski definition) is 5. The molecule has 0 spiro atoms. The van der Waals surface area contributed by atoms with Crippen molar-refractivity contribution in [1.82, 2.24) is 10.9 Å². The monoisotopic (exact) mass is 432 g/mol. The van der Waals surface area contributed by atoms with Crippen molar-refractivity contribution in [2.24, 2.45) is 5.73 Å². The summed E-state index contributed by atoms with van der Waals surface area (Å²) in [6, 6.07) is 20.1. The quantitative estimate of drug-likeness (QED) is 0.219. The molecule has 0 radical (unpaired) electrons. The zero-order chi connectivity index (χ0) is 23.1. The van der Waals surface area contributed by atoms with Crippen molar-refractivity contribution < 1.29 is 24.2 Å². The second-order valence-electron chi connectivity index (χ2n) is 6.66. The lowest BCUT2D eigenvalue weighted by Crippen LogP contribution is -2.42. The molecule has 32 heavy (non-hydrogen) atoms. The molecule has 9 nitrogen and oxygen atoms in total. The zero-order valence-corrected chi connectivity index (χ0v) is 16.8. The molecule has 0 bridgehead atoms. The van der Waals surface area contributed by atoms with E-state index in [4.69, 9.17) is 21.0 Å². The number of carboxylic acid groups (broad SMARTS) is 1. The van der Waals surface area contributed by atoms with Gasteiger partial charge < -0.3 is 15.6 Å². The number of amidine groups is 1. The zero-order valence-electron chi connectivity index (χ0n) is 16.8. The van der Waals surface area contributed by atoms with Crippen molar-refractivity contribution in [3.8, 4) is 16.9 Å². The van der Waals surface area contributed by atoms with E-state index in [0.717, 1.165) is 11.1 Å². The molecule has 3 aromatic carbocycles. The maximum absolute atomic E-state index is 12.6. The van der Waals surface area contributed by atoms with Crippen molar-refractivity contribution in [2.75, 3.05) is 6.61 Å². The molecule has 3 rings (SSSR count). The Bertz CT molecular complexity index is 1160. The highest BCUT2D eigenvalue weighted by atomic mass is 16.5. The molecule has 0 aliphatic rings. The van der Waals surface area contributed by atoms with Gasteiger partial charge in [0, 0.05) is 11.1 Å². The van der Waals surface area contributed by atoms with E-state index in [1.165, 1.54) is 30.3 Å². The van der Waals surface area contributed by atoms with E-state index in [2.05, 4.69) is 10.9 Å². The molecule has 0 unspecified atom stereocenters. The highest BCUT2D eigenvalue weighted by Crippen LogP contribution is 2.22. The smallest absolute Gasteiger partial charge is 0.341 e. The summed E-state index contributed by atoms with van der Waals surface area (Å²) in [4.78, 5) is 35.4. The predicted molar refractivity (Wildman–Crippen MR) is 117 cm³/mol. The molecular weight excluding hydrogens is 412 g/mol. The van der Waals surface area contributed by atoms with Gasteiger partial charge in [0.1, 0.15) is 11.6 Å². The number of benzene rings is 3. The molecule has 3 aromatic rings. The molecule has 0 saturated heterocycles. The van der Waals surface area contributed by atoms with Gasteiger partial charge in [-0.15, -0.1) is 0 Å². The van der Waals surface area contributed by atoms with Crippen LogP contribution in [0.1, 0.15) is 26.3 Å². The molecule has 0 aliphatic heterocycles. The van der Waals surface area contributed by atoms with Gasteiger partial charge in [0.2, 0.25) is 0 Å². The Labute approximate surface area is 183 Å². The minimum Gasteiger partial charge on any atom is -0.482 e. The van der Waals surface area contributed by atoms with Crippen LogP contribution in [0.5, 0.6) is 5.75 Å². The summed E-state index contributed by atoms with van der Waals surface area (Å²) >= 11 is 0. The summed E-state index contributed by atoms with van der Waals surface area (Å²) in [7, 11) is 0. The second kappa shape index (κ2) is 9.90. The lowest BCUT2D eigenvalue weighted by atomic mass is 9.98. The maximum Gasteiger partial charge on any atom is 0.341 e. The van der Waals surface area contributed by atoms with Crippen LogP contribution < -0.4 is 21.3 Å². The first-order chi connectivity index (χ1) is 15.3. The third-order valence-corrected chi connectivity index (χ3v) is 4.43. The molecule has 0 aliphatic carbocycles. The number of amides is 2. The molecule has 2 amide bonds. The average molecular weight is 432 g/mol. The summed E-state index contributed by atoms with van der Waals surface area (Å²) in [6.07, 6.45) is 0. The fraction of sp³-hybridized carbons (Fsp3) is 0.0435. The maximum atomic E-state index is 12.6. The topological polar surface area (TPSA) is 155 Å². The molecule has 162 valence electrons. The minimum atomic E-state index is -1.11. The van der Waals surface area contributed by atoms with E-state index >= 15 is 0 Å². The molecule has 0 heterocycles. The standard InChI is InChI=1S/C23H20N4O5/c24-21(25)19-12-16(14-4-2-1-3-5-14)8-11-18(19)23(31)27-26-22(30)15-6-9-17(10-7-15)32-13-20(28)29/h1-12H,13H2,(H3,24,25)(H,26,30)(H,27,31)(H,28,29). The molecule has 0 saturated carbocycles. The van der Waals surface area contributed by atoms with Gasteiger partial charge in [-0.25, -0.2) is 4.79 Å².